The van der Waals surface area contributed by atoms with E-state index < -0.39 is 12.1 Å². The van der Waals surface area contributed by atoms with E-state index in [9.17, 15) is 14.4 Å². The summed E-state index contributed by atoms with van der Waals surface area (Å²) in [5, 5.41) is 13.9. The van der Waals surface area contributed by atoms with Crippen molar-refractivity contribution >= 4 is 35.1 Å². The molecular formula is C32H39N5O6S. The van der Waals surface area contributed by atoms with Crippen LogP contribution in [0.3, 0.4) is 0 Å². The number of hydrogen-bond donors (Lipinski definition) is 3. The lowest BCUT2D eigenvalue weighted by Gasteiger charge is -2.22. The first kappa shape index (κ1) is 31.2. The van der Waals surface area contributed by atoms with E-state index in [1.54, 1.807) is 49.9 Å². The van der Waals surface area contributed by atoms with Crippen molar-refractivity contribution in [3.63, 3.8) is 0 Å². The van der Waals surface area contributed by atoms with Crippen molar-refractivity contribution in [3.8, 4) is 28.4 Å². The fourth-order valence-electron chi connectivity index (χ4n) is 6.02. The van der Waals surface area contributed by atoms with Crippen LogP contribution in [0.1, 0.15) is 55.6 Å². The quantitative estimate of drug-likeness (QED) is 0.318. The number of aromatic nitrogens is 2. The lowest BCUT2D eigenvalue weighted by Crippen LogP contribution is -2.40. The van der Waals surface area contributed by atoms with Crippen LogP contribution < -0.4 is 35.6 Å². The number of thioether (sulfide) groups is 1. The van der Waals surface area contributed by atoms with E-state index in [1.807, 2.05) is 33.0 Å². The summed E-state index contributed by atoms with van der Waals surface area (Å²) in [6.07, 6.45) is 1.15. The van der Waals surface area contributed by atoms with Gasteiger partial charge in [0.25, 0.3) is 0 Å². The summed E-state index contributed by atoms with van der Waals surface area (Å²) in [6, 6.07) is 5.85. The largest absolute Gasteiger partial charge is 0.493 e. The summed E-state index contributed by atoms with van der Waals surface area (Å²) in [5.74, 6) is 3.13. The number of carbonyl (C=O) groups is 2. The third-order valence-corrected chi connectivity index (χ3v) is 9.10. The van der Waals surface area contributed by atoms with Crippen LogP contribution in [0.5, 0.6) is 17.2 Å². The first-order chi connectivity index (χ1) is 21.1. The van der Waals surface area contributed by atoms with Crippen LogP contribution >= 0.6 is 11.8 Å². The highest BCUT2D eigenvalue weighted by Crippen LogP contribution is 2.50. The van der Waals surface area contributed by atoms with E-state index in [2.05, 4.69) is 21.0 Å². The molecule has 1 aliphatic heterocycles. The van der Waals surface area contributed by atoms with Crippen LogP contribution in [0.4, 0.5) is 11.5 Å². The Bertz CT molecular complexity index is 1670. The highest BCUT2D eigenvalue weighted by Gasteiger charge is 2.31. The van der Waals surface area contributed by atoms with E-state index in [-0.39, 0.29) is 28.8 Å². The smallest absolute Gasteiger partial charge is 0.248 e. The van der Waals surface area contributed by atoms with Gasteiger partial charge in [-0.2, -0.15) is 16.9 Å². The summed E-state index contributed by atoms with van der Waals surface area (Å²) in [5.41, 5.74) is 5.04. The average molecular weight is 622 g/mol. The molecule has 3 aromatic rings. The Morgan fingerprint density at radius 2 is 1.82 bits per heavy atom. The molecule has 234 valence electrons. The van der Waals surface area contributed by atoms with Gasteiger partial charge in [-0.15, -0.1) is 0 Å². The molecule has 0 saturated carbocycles. The molecular weight excluding hydrogens is 582 g/mol. The highest BCUT2D eigenvalue weighted by atomic mass is 32.2. The molecule has 0 radical (unpaired) electrons. The van der Waals surface area contributed by atoms with E-state index in [0.29, 0.717) is 47.0 Å². The molecule has 1 aromatic heterocycles. The van der Waals surface area contributed by atoms with Crippen LogP contribution in [0.15, 0.2) is 29.1 Å². The molecule has 2 aromatic carbocycles. The number of fused-ring (bicyclic) bond motifs is 4. The second-order valence-electron chi connectivity index (χ2n) is 11.3. The van der Waals surface area contributed by atoms with E-state index in [1.165, 1.54) is 6.92 Å². The molecule has 2 heterocycles. The lowest BCUT2D eigenvalue weighted by atomic mass is 9.95. The van der Waals surface area contributed by atoms with Gasteiger partial charge < -0.3 is 30.2 Å². The molecule has 0 unspecified atom stereocenters. The lowest BCUT2D eigenvalue weighted by molar-refractivity contribution is -0.120. The predicted octanol–water partition coefficient (Wildman–Crippen LogP) is 4.42. The summed E-state index contributed by atoms with van der Waals surface area (Å²) in [4.78, 5) is 39.7. The normalized spacial score (nSPS) is 15.8. The number of carbonyl (C=O) groups excluding carboxylic acids is 2. The Hall–Kier alpha value is -4.19. The zero-order chi connectivity index (χ0) is 31.7. The van der Waals surface area contributed by atoms with Crippen molar-refractivity contribution in [3.05, 3.63) is 56.9 Å². The van der Waals surface area contributed by atoms with Crippen LogP contribution in [0.25, 0.3) is 11.1 Å². The summed E-state index contributed by atoms with van der Waals surface area (Å²) in [7, 11) is 6.49. The summed E-state index contributed by atoms with van der Waals surface area (Å²) >= 11 is 1.76. The van der Waals surface area contributed by atoms with Gasteiger partial charge in [-0.3, -0.25) is 19.1 Å². The number of hydrogen-bond acceptors (Lipinski definition) is 9. The van der Waals surface area contributed by atoms with E-state index in [0.717, 1.165) is 33.9 Å². The fraction of sp³-hybridized carbons (Fsp3) is 0.438. The molecule has 2 aliphatic rings. The standard InChI is InChI=1S/C32H39N5O6S/c1-16(2)28(32(40)35-31-21-14-44-15-24(21)36-37(31)4)34-23-11-9-19-20(13-25(23)39)22(33-17(3)38)10-8-18-12-26(41-5)29(42-6)30(43-7)27(18)19/h9,11-13,16,22,28H,8,10,14-15H2,1-7H3,(H,33,38)(H,34,39)(H,35,40)/t22-,28-/m1/s1. The van der Waals surface area contributed by atoms with E-state index >= 15 is 0 Å². The van der Waals surface area contributed by atoms with Gasteiger partial charge in [0.05, 0.1) is 38.8 Å². The Labute approximate surface area is 261 Å². The maximum Gasteiger partial charge on any atom is 0.248 e. The maximum atomic E-state index is 13.8. The number of rotatable bonds is 9. The third-order valence-electron chi connectivity index (χ3n) is 8.13. The first-order valence-corrected chi connectivity index (χ1v) is 15.7. The number of benzene rings is 1. The second kappa shape index (κ2) is 12.8. The Kier molecular flexibility index (Phi) is 9.10. The van der Waals surface area contributed by atoms with E-state index in [4.69, 9.17) is 14.2 Å². The third kappa shape index (κ3) is 5.82. The summed E-state index contributed by atoms with van der Waals surface area (Å²) < 4.78 is 18.9. The van der Waals surface area contributed by atoms with Gasteiger partial charge in [0.15, 0.2) is 11.5 Å². The molecule has 44 heavy (non-hydrogen) atoms. The van der Waals surface area contributed by atoms with Crippen molar-refractivity contribution < 1.29 is 23.8 Å². The van der Waals surface area contributed by atoms with Crippen molar-refractivity contribution in [2.75, 3.05) is 32.0 Å². The van der Waals surface area contributed by atoms with Crippen LogP contribution in [0.2, 0.25) is 0 Å². The number of amides is 2. The number of aryl methyl sites for hydroxylation is 2. The van der Waals surface area contributed by atoms with Crippen molar-refractivity contribution in [2.24, 2.45) is 13.0 Å². The molecule has 2 atom stereocenters. The second-order valence-corrected chi connectivity index (χ2v) is 12.3. The maximum absolute atomic E-state index is 13.8. The van der Waals surface area contributed by atoms with Crippen molar-refractivity contribution in [1.29, 1.82) is 0 Å². The molecule has 0 saturated heterocycles. The SMILES string of the molecule is COc1cc2c(c(OC)c1OC)-c1ccc(N[C@@H](C(=O)Nc3c4c(nn3C)CSC4)C(C)C)c(=O)cc1[C@H](NC(C)=O)CC2. The first-order valence-electron chi connectivity index (χ1n) is 14.5. The van der Waals surface area contributed by atoms with Gasteiger partial charge in [0.2, 0.25) is 23.0 Å². The van der Waals surface area contributed by atoms with Gasteiger partial charge >= 0.3 is 0 Å². The molecule has 11 nitrogen and oxygen atoms in total. The molecule has 2 amide bonds. The molecule has 5 rings (SSSR count). The minimum absolute atomic E-state index is 0.141. The number of nitrogens with one attached hydrogen (secondary N) is 3. The van der Waals surface area contributed by atoms with Gasteiger partial charge in [0.1, 0.15) is 11.9 Å². The van der Waals surface area contributed by atoms with Crippen molar-refractivity contribution in [1.82, 2.24) is 15.1 Å². The Morgan fingerprint density at radius 3 is 2.48 bits per heavy atom. The molecule has 12 heteroatoms. The monoisotopic (exact) mass is 621 g/mol. The number of nitrogens with zero attached hydrogens (tertiary/aromatic N) is 2. The minimum atomic E-state index is -0.707. The minimum Gasteiger partial charge on any atom is -0.493 e. The molecule has 3 N–H and O–H groups in total. The van der Waals surface area contributed by atoms with Gasteiger partial charge in [-0.25, -0.2) is 0 Å². The van der Waals surface area contributed by atoms with Gasteiger partial charge in [-0.05, 0) is 53.6 Å². The molecule has 0 fully saturated rings. The van der Waals surface area contributed by atoms with Crippen LogP contribution in [0, 0.1) is 5.92 Å². The topological polar surface area (TPSA) is 133 Å². The highest BCUT2D eigenvalue weighted by molar-refractivity contribution is 7.98. The number of methoxy groups -OCH3 is 3. The van der Waals surface area contributed by atoms with Gasteiger partial charge in [-0.1, -0.05) is 19.9 Å². The zero-order valence-electron chi connectivity index (χ0n) is 26.1. The number of ether oxygens (including phenoxy) is 3. The predicted molar refractivity (Wildman–Crippen MR) is 172 cm³/mol. The number of anilines is 2. The molecule has 0 spiro atoms. The molecule has 0 bridgehead atoms. The van der Waals surface area contributed by atoms with Gasteiger partial charge in [0, 0.05) is 36.6 Å². The Balaban J connectivity index is 1.60. The fourth-order valence-corrected chi connectivity index (χ4v) is 7.06. The summed E-state index contributed by atoms with van der Waals surface area (Å²) in [6.45, 7) is 5.31. The van der Waals surface area contributed by atoms with Crippen molar-refractivity contribution in [2.45, 2.75) is 57.2 Å². The van der Waals surface area contributed by atoms with Crippen LogP contribution in [-0.2, 0) is 34.6 Å². The zero-order valence-corrected chi connectivity index (χ0v) is 26.9. The molecule has 1 aliphatic carbocycles. The Morgan fingerprint density at radius 1 is 1.07 bits per heavy atom. The average Bonchev–Trinajstić information content (AvgIpc) is 3.46. The van der Waals surface area contributed by atoms with Crippen LogP contribution in [-0.4, -0.2) is 49.0 Å².